The summed E-state index contributed by atoms with van der Waals surface area (Å²) in [6.07, 6.45) is 6.95. The monoisotopic (exact) mass is 307 g/mol. The SMILES string of the molecule is NNC(c1ccc(Cl)c(Cl)c1)c1cnn2ccncc12. The number of halogens is 2. The summed E-state index contributed by atoms with van der Waals surface area (Å²) in [7, 11) is 0. The van der Waals surface area contributed by atoms with Crippen LogP contribution in [0.15, 0.2) is 43.0 Å². The molecule has 3 aromatic rings. The molecule has 5 nitrogen and oxygen atoms in total. The number of benzene rings is 1. The zero-order valence-corrected chi connectivity index (χ0v) is 11.8. The fraction of sp³-hybridized carbons (Fsp3) is 0.0769. The van der Waals surface area contributed by atoms with Gasteiger partial charge in [-0.2, -0.15) is 5.10 Å². The van der Waals surface area contributed by atoms with E-state index in [1.807, 2.05) is 6.07 Å². The number of hydrogen-bond donors (Lipinski definition) is 2. The normalized spacial score (nSPS) is 12.8. The third-order valence-corrected chi connectivity index (χ3v) is 3.85. The van der Waals surface area contributed by atoms with Crippen LogP contribution in [-0.4, -0.2) is 14.6 Å². The Balaban J connectivity index is 2.11. The van der Waals surface area contributed by atoms with Crippen molar-refractivity contribution in [3.8, 4) is 0 Å². The summed E-state index contributed by atoms with van der Waals surface area (Å²) in [5.41, 5.74) is 5.47. The van der Waals surface area contributed by atoms with Crippen LogP contribution in [0.1, 0.15) is 17.2 Å². The second-order valence-corrected chi connectivity index (χ2v) is 5.09. The molecule has 2 heterocycles. The molecule has 7 heteroatoms. The van der Waals surface area contributed by atoms with Gasteiger partial charge in [0.1, 0.15) is 0 Å². The van der Waals surface area contributed by atoms with Crippen LogP contribution >= 0.6 is 23.2 Å². The molecular weight excluding hydrogens is 297 g/mol. The van der Waals surface area contributed by atoms with E-state index in [4.69, 9.17) is 29.0 Å². The average Bonchev–Trinajstić information content (AvgIpc) is 2.88. The van der Waals surface area contributed by atoms with Crippen molar-refractivity contribution in [2.75, 3.05) is 0 Å². The van der Waals surface area contributed by atoms with Gasteiger partial charge in [0.05, 0.1) is 34.0 Å². The minimum Gasteiger partial charge on any atom is -0.271 e. The van der Waals surface area contributed by atoms with E-state index in [-0.39, 0.29) is 6.04 Å². The molecular formula is C13H11Cl2N5. The van der Waals surface area contributed by atoms with Crippen LogP contribution in [-0.2, 0) is 0 Å². The first-order chi connectivity index (χ1) is 9.70. The second-order valence-electron chi connectivity index (χ2n) is 4.28. The Hall–Kier alpha value is -1.66. The molecule has 1 unspecified atom stereocenters. The number of nitrogens with zero attached hydrogens (tertiary/aromatic N) is 3. The van der Waals surface area contributed by atoms with Crippen LogP contribution in [0.25, 0.3) is 5.52 Å². The summed E-state index contributed by atoms with van der Waals surface area (Å²) in [6.45, 7) is 0. The standard InChI is InChI=1S/C13H11Cl2N5/c14-10-2-1-8(5-11(10)15)13(19-16)9-6-18-20-4-3-17-7-12(9)20/h1-7,13,19H,16H2. The summed E-state index contributed by atoms with van der Waals surface area (Å²) in [6, 6.07) is 5.16. The molecule has 3 rings (SSSR count). The predicted octanol–water partition coefficient (Wildman–Crippen LogP) is 2.59. The van der Waals surface area contributed by atoms with Crippen LogP contribution in [0.2, 0.25) is 10.0 Å². The molecule has 3 N–H and O–H groups in total. The summed E-state index contributed by atoms with van der Waals surface area (Å²) in [5, 5.41) is 5.27. The fourth-order valence-corrected chi connectivity index (χ4v) is 2.44. The lowest BCUT2D eigenvalue weighted by Gasteiger charge is -2.16. The van der Waals surface area contributed by atoms with Gasteiger partial charge < -0.3 is 0 Å². The lowest BCUT2D eigenvalue weighted by atomic mass is 10.0. The lowest BCUT2D eigenvalue weighted by molar-refractivity contribution is 0.640. The maximum Gasteiger partial charge on any atom is 0.0896 e. The molecule has 102 valence electrons. The Bertz CT molecular complexity index is 755. The molecule has 20 heavy (non-hydrogen) atoms. The van der Waals surface area contributed by atoms with Gasteiger partial charge in [0.15, 0.2) is 0 Å². The quantitative estimate of drug-likeness (QED) is 0.576. The minimum atomic E-state index is -0.244. The van der Waals surface area contributed by atoms with Crippen molar-refractivity contribution in [1.29, 1.82) is 0 Å². The van der Waals surface area contributed by atoms with Crippen molar-refractivity contribution in [3.63, 3.8) is 0 Å². The van der Waals surface area contributed by atoms with Crippen molar-refractivity contribution in [3.05, 3.63) is 64.2 Å². The smallest absolute Gasteiger partial charge is 0.0896 e. The molecule has 1 atom stereocenters. The van der Waals surface area contributed by atoms with E-state index >= 15 is 0 Å². The summed E-state index contributed by atoms with van der Waals surface area (Å²) in [4.78, 5) is 4.11. The highest BCUT2D eigenvalue weighted by Gasteiger charge is 2.18. The molecule has 0 fully saturated rings. The van der Waals surface area contributed by atoms with Gasteiger partial charge >= 0.3 is 0 Å². The Morgan fingerprint density at radius 2 is 2.05 bits per heavy atom. The van der Waals surface area contributed by atoms with Gasteiger partial charge in [0, 0.05) is 18.0 Å². The molecule has 2 aromatic heterocycles. The van der Waals surface area contributed by atoms with Crippen LogP contribution < -0.4 is 11.3 Å². The summed E-state index contributed by atoms with van der Waals surface area (Å²) in [5.74, 6) is 5.69. The highest BCUT2D eigenvalue weighted by molar-refractivity contribution is 6.42. The van der Waals surface area contributed by atoms with E-state index in [9.17, 15) is 0 Å². The first-order valence-electron chi connectivity index (χ1n) is 5.89. The largest absolute Gasteiger partial charge is 0.271 e. The number of rotatable bonds is 3. The van der Waals surface area contributed by atoms with Crippen LogP contribution in [0, 0.1) is 0 Å². The van der Waals surface area contributed by atoms with E-state index < -0.39 is 0 Å². The molecule has 0 spiro atoms. The van der Waals surface area contributed by atoms with Crippen molar-refractivity contribution in [2.24, 2.45) is 5.84 Å². The van der Waals surface area contributed by atoms with E-state index in [0.717, 1.165) is 16.6 Å². The lowest BCUT2D eigenvalue weighted by Crippen LogP contribution is -2.28. The minimum absolute atomic E-state index is 0.244. The molecule has 0 aliphatic carbocycles. The van der Waals surface area contributed by atoms with Gasteiger partial charge in [0.25, 0.3) is 0 Å². The first kappa shape index (κ1) is 13.3. The van der Waals surface area contributed by atoms with Crippen molar-refractivity contribution in [2.45, 2.75) is 6.04 Å². The number of fused-ring (bicyclic) bond motifs is 1. The van der Waals surface area contributed by atoms with Crippen molar-refractivity contribution in [1.82, 2.24) is 20.0 Å². The third-order valence-electron chi connectivity index (χ3n) is 3.11. The molecule has 0 aliphatic rings. The fourth-order valence-electron chi connectivity index (χ4n) is 2.13. The summed E-state index contributed by atoms with van der Waals surface area (Å²) < 4.78 is 1.74. The number of nitrogens with one attached hydrogen (secondary N) is 1. The van der Waals surface area contributed by atoms with Gasteiger partial charge in [-0.25, -0.2) is 9.94 Å². The third kappa shape index (κ3) is 2.25. The van der Waals surface area contributed by atoms with Crippen LogP contribution in [0.3, 0.4) is 0 Å². The van der Waals surface area contributed by atoms with Gasteiger partial charge in [-0.3, -0.25) is 10.8 Å². The predicted molar refractivity (Wildman–Crippen MR) is 78.6 cm³/mol. The molecule has 0 saturated heterocycles. The zero-order valence-electron chi connectivity index (χ0n) is 10.3. The molecule has 1 aromatic carbocycles. The first-order valence-corrected chi connectivity index (χ1v) is 6.64. The topological polar surface area (TPSA) is 68.2 Å². The summed E-state index contributed by atoms with van der Waals surface area (Å²) >= 11 is 12.0. The highest BCUT2D eigenvalue weighted by Crippen LogP contribution is 2.29. The zero-order chi connectivity index (χ0) is 14.1. The van der Waals surface area contributed by atoms with Crippen LogP contribution in [0.4, 0.5) is 0 Å². The number of nitrogens with two attached hydrogens (primary N) is 1. The maximum atomic E-state index is 6.06. The van der Waals surface area contributed by atoms with E-state index in [2.05, 4.69) is 15.5 Å². The maximum absolute atomic E-state index is 6.06. The van der Waals surface area contributed by atoms with Crippen LogP contribution in [0.5, 0.6) is 0 Å². The Morgan fingerprint density at radius 3 is 2.80 bits per heavy atom. The van der Waals surface area contributed by atoms with Gasteiger partial charge in [-0.05, 0) is 17.7 Å². The Kier molecular flexibility index (Phi) is 3.58. The van der Waals surface area contributed by atoms with E-state index in [1.54, 1.807) is 41.4 Å². The van der Waals surface area contributed by atoms with Gasteiger partial charge in [0.2, 0.25) is 0 Å². The molecule has 0 aliphatic heterocycles. The molecule has 0 amide bonds. The molecule has 0 saturated carbocycles. The van der Waals surface area contributed by atoms with Gasteiger partial charge in [-0.1, -0.05) is 29.3 Å². The second kappa shape index (κ2) is 5.38. The van der Waals surface area contributed by atoms with Crippen molar-refractivity contribution >= 4 is 28.7 Å². The Morgan fingerprint density at radius 1 is 1.20 bits per heavy atom. The molecule has 0 bridgehead atoms. The van der Waals surface area contributed by atoms with E-state index in [1.165, 1.54) is 0 Å². The van der Waals surface area contributed by atoms with Crippen molar-refractivity contribution < 1.29 is 0 Å². The molecule has 0 radical (unpaired) electrons. The average molecular weight is 308 g/mol. The van der Waals surface area contributed by atoms with E-state index in [0.29, 0.717) is 10.0 Å². The number of aromatic nitrogens is 3. The highest BCUT2D eigenvalue weighted by atomic mass is 35.5. The van der Waals surface area contributed by atoms with Gasteiger partial charge in [-0.15, -0.1) is 0 Å². The number of hydrazine groups is 1. The Labute approximate surface area is 125 Å². The number of hydrogen-bond acceptors (Lipinski definition) is 4.